The third-order valence-electron chi connectivity index (χ3n) is 3.92. The number of nitrogens with two attached hydrogens (primary N) is 1. The molecule has 0 amide bonds. The number of aromatic nitrogens is 2. The van der Waals surface area contributed by atoms with Crippen LogP contribution in [0.1, 0.15) is 29.7 Å². The number of hydrogen-bond acceptors (Lipinski definition) is 3. The van der Waals surface area contributed by atoms with Crippen molar-refractivity contribution in [2.45, 2.75) is 31.4 Å². The maximum absolute atomic E-state index is 13.0. The molecule has 1 aliphatic carbocycles. The van der Waals surface area contributed by atoms with Gasteiger partial charge >= 0.3 is 6.18 Å². The van der Waals surface area contributed by atoms with E-state index in [0.717, 1.165) is 5.69 Å². The van der Waals surface area contributed by atoms with E-state index in [-0.39, 0.29) is 18.8 Å². The van der Waals surface area contributed by atoms with Gasteiger partial charge in [0.05, 0.1) is 23.5 Å². The van der Waals surface area contributed by atoms with Gasteiger partial charge in [-0.15, -0.1) is 0 Å². The van der Waals surface area contributed by atoms with Crippen molar-refractivity contribution in [2.24, 2.45) is 5.10 Å². The van der Waals surface area contributed by atoms with Gasteiger partial charge in [-0.3, -0.25) is 0 Å². The number of hydrogen-bond donors (Lipinski definition) is 1. The average Bonchev–Trinajstić information content (AvgIpc) is 3.19. The summed E-state index contributed by atoms with van der Waals surface area (Å²) >= 11 is 0. The molecule has 2 aromatic rings. The van der Waals surface area contributed by atoms with E-state index in [1.165, 1.54) is 23.0 Å². The van der Waals surface area contributed by atoms with Gasteiger partial charge in [0.15, 0.2) is 0 Å². The Morgan fingerprint density at radius 2 is 1.91 bits per heavy atom. The number of benzene rings is 1. The summed E-state index contributed by atoms with van der Waals surface area (Å²) in [5, 5.41) is 4.14. The summed E-state index contributed by atoms with van der Waals surface area (Å²) in [6.07, 6.45) is -0.660. The van der Waals surface area contributed by atoms with E-state index in [2.05, 4.69) is 10.1 Å². The molecular weight excluding hydrogens is 293 g/mol. The van der Waals surface area contributed by atoms with Crippen LogP contribution in [-0.2, 0) is 5.41 Å². The predicted molar refractivity (Wildman–Crippen MR) is 77.8 cm³/mol. The van der Waals surface area contributed by atoms with Crippen LogP contribution in [0.5, 0.6) is 0 Å². The first kappa shape index (κ1) is 14.6. The highest BCUT2D eigenvalue weighted by Crippen LogP contribution is 2.58. The normalized spacial score (nSPS) is 17.1. The number of anilines is 1. The number of aryl methyl sites for hydroxylation is 1. The summed E-state index contributed by atoms with van der Waals surface area (Å²) in [5.41, 5.74) is 5.77. The Hall–Kier alpha value is -2.31. The van der Waals surface area contributed by atoms with Crippen molar-refractivity contribution in [1.82, 2.24) is 9.66 Å². The number of halogens is 3. The molecule has 0 saturated heterocycles. The number of imidazole rings is 1. The first-order valence-corrected chi connectivity index (χ1v) is 6.85. The molecule has 7 heteroatoms. The second-order valence-electron chi connectivity index (χ2n) is 5.53. The highest BCUT2D eigenvalue weighted by atomic mass is 19.4. The highest BCUT2D eigenvalue weighted by Gasteiger charge is 2.64. The molecule has 116 valence electrons. The fourth-order valence-corrected chi connectivity index (χ4v) is 2.47. The number of nitrogen functional groups attached to an aromatic ring is 1. The fraction of sp³-hybridized carbons (Fsp3) is 0.333. The van der Waals surface area contributed by atoms with Gasteiger partial charge in [0, 0.05) is 0 Å². The highest BCUT2D eigenvalue weighted by molar-refractivity contribution is 5.79. The largest absolute Gasteiger partial charge is 0.398 e. The molecular formula is C15H15F3N4. The maximum atomic E-state index is 13.0. The number of nitrogens with zero attached hydrogens (tertiary/aromatic N) is 3. The van der Waals surface area contributed by atoms with Crippen LogP contribution in [0.4, 0.5) is 19.1 Å². The first-order valence-electron chi connectivity index (χ1n) is 6.85. The second-order valence-corrected chi connectivity index (χ2v) is 5.53. The molecule has 1 fully saturated rings. The Labute approximate surface area is 125 Å². The van der Waals surface area contributed by atoms with Crippen molar-refractivity contribution in [3.8, 4) is 0 Å². The van der Waals surface area contributed by atoms with E-state index >= 15 is 0 Å². The van der Waals surface area contributed by atoms with E-state index in [9.17, 15) is 13.2 Å². The minimum atomic E-state index is -4.19. The molecule has 22 heavy (non-hydrogen) atoms. The number of alkyl halides is 3. The third-order valence-corrected chi connectivity index (χ3v) is 3.92. The lowest BCUT2D eigenvalue weighted by Crippen LogP contribution is -2.28. The van der Waals surface area contributed by atoms with Gasteiger partial charge in [0.2, 0.25) is 5.95 Å². The number of rotatable bonds is 3. The molecule has 4 nitrogen and oxygen atoms in total. The van der Waals surface area contributed by atoms with Crippen molar-refractivity contribution in [2.75, 3.05) is 5.73 Å². The van der Waals surface area contributed by atoms with Gasteiger partial charge in [0.25, 0.3) is 0 Å². The molecule has 2 N–H and O–H groups in total. The van der Waals surface area contributed by atoms with Crippen LogP contribution in [0, 0.1) is 6.92 Å². The van der Waals surface area contributed by atoms with Crippen LogP contribution in [-0.4, -0.2) is 22.1 Å². The Morgan fingerprint density at radius 1 is 1.27 bits per heavy atom. The van der Waals surface area contributed by atoms with Crippen LogP contribution < -0.4 is 5.73 Å². The van der Waals surface area contributed by atoms with Gasteiger partial charge in [0.1, 0.15) is 0 Å². The zero-order valence-corrected chi connectivity index (χ0v) is 11.9. The van der Waals surface area contributed by atoms with Gasteiger partial charge < -0.3 is 5.73 Å². The summed E-state index contributed by atoms with van der Waals surface area (Å²) in [7, 11) is 0. The second kappa shape index (κ2) is 4.86. The lowest BCUT2D eigenvalue weighted by Gasteiger charge is -2.19. The van der Waals surface area contributed by atoms with E-state index in [4.69, 9.17) is 5.73 Å². The zero-order valence-electron chi connectivity index (χ0n) is 11.9. The zero-order chi connectivity index (χ0) is 16.0. The van der Waals surface area contributed by atoms with Crippen LogP contribution in [0.15, 0.2) is 35.6 Å². The van der Waals surface area contributed by atoms with Crippen molar-refractivity contribution in [3.05, 3.63) is 47.3 Å². The van der Waals surface area contributed by atoms with Crippen LogP contribution in [0.3, 0.4) is 0 Å². The van der Waals surface area contributed by atoms with E-state index in [1.54, 1.807) is 25.3 Å². The van der Waals surface area contributed by atoms with Crippen molar-refractivity contribution < 1.29 is 13.2 Å². The molecule has 0 bridgehead atoms. The van der Waals surface area contributed by atoms with Gasteiger partial charge in [-0.25, -0.2) is 9.66 Å². The van der Waals surface area contributed by atoms with Crippen LogP contribution in [0.2, 0.25) is 0 Å². The molecule has 1 aliphatic rings. The van der Waals surface area contributed by atoms with E-state index in [0.29, 0.717) is 11.1 Å². The first-order chi connectivity index (χ1) is 10.3. The lowest BCUT2D eigenvalue weighted by atomic mass is 9.94. The average molecular weight is 308 g/mol. The summed E-state index contributed by atoms with van der Waals surface area (Å²) in [6.45, 7) is 1.80. The minimum absolute atomic E-state index is 0.161. The quantitative estimate of drug-likeness (QED) is 0.885. The Balaban J connectivity index is 1.79. The summed E-state index contributed by atoms with van der Waals surface area (Å²) in [6, 6.07) is 6.30. The van der Waals surface area contributed by atoms with Crippen molar-refractivity contribution in [3.63, 3.8) is 0 Å². The Bertz CT molecular complexity index is 709. The molecule has 0 atom stereocenters. The molecule has 0 unspecified atom stereocenters. The van der Waals surface area contributed by atoms with Gasteiger partial charge in [-0.1, -0.05) is 24.3 Å². The monoisotopic (exact) mass is 308 g/mol. The smallest absolute Gasteiger partial charge is 0.368 e. The van der Waals surface area contributed by atoms with E-state index in [1.807, 2.05) is 0 Å². The molecule has 0 spiro atoms. The Morgan fingerprint density at radius 3 is 2.36 bits per heavy atom. The van der Waals surface area contributed by atoms with Gasteiger partial charge in [-0.2, -0.15) is 18.3 Å². The molecule has 3 rings (SSSR count). The molecule has 1 aromatic heterocycles. The van der Waals surface area contributed by atoms with Crippen LogP contribution in [0.25, 0.3) is 0 Å². The predicted octanol–water partition coefficient (Wildman–Crippen LogP) is 3.25. The molecule has 0 radical (unpaired) electrons. The standard InChI is InChI=1S/C15H15F3N4/c1-10-9-22(13(19)21-10)20-8-11-2-4-12(5-3-11)14(6-7-14)15(16,17)18/h2-5,8-9H,6-7H2,1H3,(H2,19,21). The molecule has 1 aromatic carbocycles. The summed E-state index contributed by atoms with van der Waals surface area (Å²) < 4.78 is 40.6. The lowest BCUT2D eigenvalue weighted by molar-refractivity contribution is -0.160. The molecule has 0 aliphatic heterocycles. The van der Waals surface area contributed by atoms with Gasteiger partial charge in [-0.05, 0) is 30.9 Å². The van der Waals surface area contributed by atoms with Crippen molar-refractivity contribution >= 4 is 12.2 Å². The van der Waals surface area contributed by atoms with Crippen LogP contribution >= 0.6 is 0 Å². The minimum Gasteiger partial charge on any atom is -0.368 e. The maximum Gasteiger partial charge on any atom is 0.398 e. The van der Waals surface area contributed by atoms with E-state index < -0.39 is 11.6 Å². The molecule has 1 heterocycles. The fourth-order valence-electron chi connectivity index (χ4n) is 2.47. The SMILES string of the molecule is Cc1cn(N=Cc2ccc(C3(C(F)(F)F)CC3)cc2)c(N)n1. The topological polar surface area (TPSA) is 56.2 Å². The Kier molecular flexibility index (Phi) is 3.23. The summed E-state index contributed by atoms with van der Waals surface area (Å²) in [5.74, 6) is 0.263. The third kappa shape index (κ3) is 2.47. The summed E-state index contributed by atoms with van der Waals surface area (Å²) in [4.78, 5) is 4.01. The molecule has 1 saturated carbocycles. The van der Waals surface area contributed by atoms with Crippen molar-refractivity contribution in [1.29, 1.82) is 0 Å².